The number of carbonyl (C=O) groups is 3. The van der Waals surface area contributed by atoms with Crippen LogP contribution in [0.1, 0.15) is 49.8 Å². The number of nitrogens with zero attached hydrogens (tertiary/aromatic N) is 2. The zero-order valence-corrected chi connectivity index (χ0v) is 23.1. The van der Waals surface area contributed by atoms with Crippen molar-refractivity contribution in [2.75, 3.05) is 20.6 Å². The number of fused-ring (bicyclic) bond motifs is 3. The van der Waals surface area contributed by atoms with Crippen molar-refractivity contribution < 1.29 is 39.2 Å². The zero-order chi connectivity index (χ0) is 29.4. The van der Waals surface area contributed by atoms with Crippen LogP contribution in [0.3, 0.4) is 0 Å². The van der Waals surface area contributed by atoms with Crippen molar-refractivity contribution in [3.8, 4) is 5.75 Å². The lowest BCUT2D eigenvalue weighted by Crippen LogP contribution is -2.65. The van der Waals surface area contributed by atoms with Crippen molar-refractivity contribution in [2.45, 2.75) is 63.8 Å². The van der Waals surface area contributed by atoms with Gasteiger partial charge in [-0.25, -0.2) is 4.39 Å². The maximum atomic E-state index is 16.1. The maximum absolute atomic E-state index is 16.1. The fraction of sp³-hybridized carbons (Fsp3) is 0.552. The normalized spacial score (nSPS) is 28.4. The maximum Gasteiger partial charge on any atom is 0.255 e. The number of likely N-dealkylation sites (N-methyl/N-ethyl adjacent to an activating group) is 1. The first-order valence-corrected chi connectivity index (χ1v) is 13.6. The van der Waals surface area contributed by atoms with Gasteiger partial charge in [0.05, 0.1) is 11.6 Å². The fourth-order valence-electron chi connectivity index (χ4n) is 6.77. The van der Waals surface area contributed by atoms with E-state index in [1.807, 2.05) is 13.8 Å². The smallest absolute Gasteiger partial charge is 0.255 e. The molecule has 1 amide bonds. The minimum absolute atomic E-state index is 0.0516. The molecule has 0 aliphatic heterocycles. The van der Waals surface area contributed by atoms with Gasteiger partial charge in [0, 0.05) is 41.7 Å². The molecule has 4 aliphatic carbocycles. The molecule has 0 heterocycles. The van der Waals surface area contributed by atoms with Crippen LogP contribution < -0.4 is 5.73 Å². The molecular weight excluding hydrogens is 521 g/mol. The second kappa shape index (κ2) is 9.67. The molecule has 40 heavy (non-hydrogen) atoms. The molecule has 0 bridgehead atoms. The second-order valence-electron chi connectivity index (χ2n) is 12.2. The Bertz CT molecular complexity index is 1380. The lowest BCUT2D eigenvalue weighted by molar-refractivity contribution is -0.153. The van der Waals surface area contributed by atoms with E-state index in [0.29, 0.717) is 5.92 Å². The molecule has 0 saturated heterocycles. The van der Waals surface area contributed by atoms with E-state index in [0.717, 1.165) is 19.4 Å². The Hall–Kier alpha value is -3.28. The van der Waals surface area contributed by atoms with Crippen molar-refractivity contribution in [3.05, 3.63) is 45.5 Å². The summed E-state index contributed by atoms with van der Waals surface area (Å²) in [6.45, 7) is 5.12. The first-order valence-electron chi connectivity index (χ1n) is 13.6. The van der Waals surface area contributed by atoms with Gasteiger partial charge in [0.2, 0.25) is 5.78 Å². The molecule has 11 heteroatoms. The number of aliphatic hydroxyl groups excluding tert-OH is 2. The van der Waals surface area contributed by atoms with Gasteiger partial charge in [-0.2, -0.15) is 0 Å². The third kappa shape index (κ3) is 4.13. The van der Waals surface area contributed by atoms with Gasteiger partial charge in [-0.15, -0.1) is 0 Å². The number of ketones is 2. The van der Waals surface area contributed by atoms with Crippen LogP contribution in [0.2, 0.25) is 0 Å². The van der Waals surface area contributed by atoms with E-state index in [4.69, 9.17) is 5.73 Å². The molecule has 0 unspecified atom stereocenters. The van der Waals surface area contributed by atoms with Crippen LogP contribution in [0.15, 0.2) is 23.0 Å². The number of phenolic OH excluding ortho intramolecular Hbond substituents is 1. The van der Waals surface area contributed by atoms with Crippen LogP contribution >= 0.6 is 0 Å². The Labute approximate surface area is 231 Å². The van der Waals surface area contributed by atoms with Gasteiger partial charge in [0.1, 0.15) is 28.7 Å². The number of hydrogen-bond donors (Lipinski definition) is 5. The number of primary amides is 1. The number of benzene rings is 1. The molecule has 10 nitrogen and oxygen atoms in total. The number of rotatable bonds is 7. The molecule has 216 valence electrons. The van der Waals surface area contributed by atoms with Crippen molar-refractivity contribution in [1.82, 2.24) is 9.80 Å². The molecule has 2 saturated carbocycles. The number of phenols is 1. The highest BCUT2D eigenvalue weighted by Crippen LogP contribution is 2.53. The number of aromatic hydroxyl groups is 1. The summed E-state index contributed by atoms with van der Waals surface area (Å²) in [6, 6.07) is 0.205. The van der Waals surface area contributed by atoms with Crippen LogP contribution in [0.5, 0.6) is 5.75 Å². The number of carbonyl (C=O) groups excluding carboxylic acids is 3. The molecule has 0 radical (unpaired) electrons. The number of hydrogen-bond acceptors (Lipinski definition) is 9. The van der Waals surface area contributed by atoms with Crippen LogP contribution in [-0.2, 0) is 27.3 Å². The number of Topliss-reactive ketones (excluding diaryl/α,β-unsaturated/α-hetero) is 2. The standard InChI is InChI=1S/C29H36FN3O7/c1-12(2)33(10-13-5-6-13)11-15-9-18(34)20-16(22(15)30)7-14-8-17-23(32(3)4)25(36)21(28(31)39)27(38)29(17,40)26(37)19(14)24(20)35/h9,12-14,17,23,34-35,38,40H,5-8,10-11H2,1-4H3,(H2,31,39)/t14-,17-,23-,29-/m0/s1. The van der Waals surface area contributed by atoms with E-state index in [-0.39, 0.29) is 47.7 Å². The lowest BCUT2D eigenvalue weighted by Gasteiger charge is -2.50. The van der Waals surface area contributed by atoms with Gasteiger partial charge in [-0.3, -0.25) is 24.2 Å². The van der Waals surface area contributed by atoms with E-state index in [9.17, 15) is 34.8 Å². The summed E-state index contributed by atoms with van der Waals surface area (Å²) in [4.78, 5) is 42.7. The highest BCUT2D eigenvalue weighted by Gasteiger charge is 2.64. The van der Waals surface area contributed by atoms with Crippen molar-refractivity contribution in [3.63, 3.8) is 0 Å². The largest absolute Gasteiger partial charge is 0.508 e. The number of amides is 1. The monoisotopic (exact) mass is 557 g/mol. The van der Waals surface area contributed by atoms with Crippen LogP contribution in [0.25, 0.3) is 5.76 Å². The third-order valence-corrected chi connectivity index (χ3v) is 9.02. The molecule has 0 spiro atoms. The predicted octanol–water partition coefficient (Wildman–Crippen LogP) is 1.72. The minimum Gasteiger partial charge on any atom is -0.508 e. The molecular formula is C29H36FN3O7. The Kier molecular flexibility index (Phi) is 6.83. The summed E-state index contributed by atoms with van der Waals surface area (Å²) in [6.07, 6.45) is 2.10. The van der Waals surface area contributed by atoms with E-state index in [2.05, 4.69) is 4.90 Å². The van der Waals surface area contributed by atoms with Crippen molar-refractivity contribution >= 4 is 23.2 Å². The number of aliphatic hydroxyl groups is 3. The topological polar surface area (TPSA) is 165 Å². The summed E-state index contributed by atoms with van der Waals surface area (Å²) in [5.74, 6) is -7.55. The average Bonchev–Trinajstić information content (AvgIpc) is 3.67. The Morgan fingerprint density at radius 2 is 1.85 bits per heavy atom. The minimum atomic E-state index is -2.72. The summed E-state index contributed by atoms with van der Waals surface area (Å²) in [5.41, 5.74) is 1.52. The van der Waals surface area contributed by atoms with E-state index in [1.54, 1.807) is 0 Å². The zero-order valence-electron chi connectivity index (χ0n) is 23.1. The van der Waals surface area contributed by atoms with E-state index >= 15 is 4.39 Å². The molecule has 6 N–H and O–H groups in total. The first-order chi connectivity index (χ1) is 18.7. The molecule has 5 rings (SSSR count). The molecule has 1 aromatic rings. The molecule has 4 atom stereocenters. The van der Waals surface area contributed by atoms with Crippen LogP contribution in [0, 0.1) is 23.6 Å². The summed E-state index contributed by atoms with van der Waals surface area (Å²) >= 11 is 0. The molecule has 1 aromatic carbocycles. The SMILES string of the molecule is CC(C)N(Cc1cc(O)c2c(c1F)C[C@H]1C[C@H]3[C@H](N(C)C)C(=O)C(C(N)=O)=C(O)[C@@]3(O)C(=O)C1=C2O)CC1CC1. The second-order valence-corrected chi connectivity index (χ2v) is 12.2. The van der Waals surface area contributed by atoms with Crippen molar-refractivity contribution in [2.24, 2.45) is 23.5 Å². The van der Waals surface area contributed by atoms with Crippen molar-refractivity contribution in [1.29, 1.82) is 0 Å². The number of halogens is 1. The summed E-state index contributed by atoms with van der Waals surface area (Å²) in [7, 11) is 3.05. The molecule has 2 fully saturated rings. The predicted molar refractivity (Wildman–Crippen MR) is 142 cm³/mol. The van der Waals surface area contributed by atoms with Gasteiger partial charge in [-0.05, 0) is 71.5 Å². The van der Waals surface area contributed by atoms with Gasteiger partial charge in [0.25, 0.3) is 5.91 Å². The Balaban J connectivity index is 1.62. The van der Waals surface area contributed by atoms with E-state index in [1.165, 1.54) is 25.1 Å². The first kappa shape index (κ1) is 28.3. The highest BCUT2D eigenvalue weighted by molar-refractivity contribution is 6.24. The molecule has 0 aromatic heterocycles. The quantitative estimate of drug-likeness (QED) is 0.314. The van der Waals surface area contributed by atoms with E-state index < -0.39 is 69.6 Å². The van der Waals surface area contributed by atoms with Crippen LogP contribution in [0.4, 0.5) is 4.39 Å². The van der Waals surface area contributed by atoms with Gasteiger partial charge in [-0.1, -0.05) is 0 Å². The van der Waals surface area contributed by atoms with Gasteiger partial charge in [0.15, 0.2) is 11.4 Å². The summed E-state index contributed by atoms with van der Waals surface area (Å²) < 4.78 is 16.1. The Morgan fingerprint density at radius 3 is 2.40 bits per heavy atom. The number of nitrogens with two attached hydrogens (primary N) is 1. The molecule has 4 aliphatic rings. The van der Waals surface area contributed by atoms with Gasteiger partial charge >= 0.3 is 0 Å². The highest BCUT2D eigenvalue weighted by atomic mass is 19.1. The third-order valence-electron chi connectivity index (χ3n) is 9.02. The fourth-order valence-corrected chi connectivity index (χ4v) is 6.77. The Morgan fingerprint density at radius 1 is 1.20 bits per heavy atom. The van der Waals surface area contributed by atoms with Crippen LogP contribution in [-0.4, -0.2) is 86.0 Å². The lowest BCUT2D eigenvalue weighted by atomic mass is 9.57. The average molecular weight is 558 g/mol. The van der Waals surface area contributed by atoms with Gasteiger partial charge < -0.3 is 26.2 Å². The summed E-state index contributed by atoms with van der Waals surface area (Å²) in [5, 5.41) is 44.7.